The third kappa shape index (κ3) is 4.39. The molecule has 0 radical (unpaired) electrons. The maximum absolute atomic E-state index is 12.9. The van der Waals surface area contributed by atoms with Crippen molar-refractivity contribution in [1.29, 1.82) is 0 Å². The first-order chi connectivity index (χ1) is 15.3. The number of urea groups is 1. The Morgan fingerprint density at radius 1 is 1.28 bits per heavy atom. The number of hydrogen-bond donors (Lipinski definition) is 2. The molecule has 0 aromatic heterocycles. The van der Waals surface area contributed by atoms with E-state index in [1.165, 1.54) is 0 Å². The molecule has 174 valence electrons. The number of para-hydroxylation sites is 2. The SMILES string of the molecule is CCN1CC(CN(C)CC(=O)NN2C(=O)NC3(CCC(C)CC3)C2=O)Oc2ccccc21. The Balaban J connectivity index is 1.31. The van der Waals surface area contributed by atoms with E-state index in [0.29, 0.717) is 25.3 Å². The molecule has 9 heteroatoms. The van der Waals surface area contributed by atoms with Crippen LogP contribution in [0.15, 0.2) is 24.3 Å². The second kappa shape index (κ2) is 8.97. The van der Waals surface area contributed by atoms with Gasteiger partial charge in [0, 0.05) is 13.1 Å². The summed E-state index contributed by atoms with van der Waals surface area (Å²) in [6, 6.07) is 7.39. The summed E-state index contributed by atoms with van der Waals surface area (Å²) in [5.41, 5.74) is 2.72. The highest BCUT2D eigenvalue weighted by atomic mass is 16.5. The van der Waals surface area contributed by atoms with Gasteiger partial charge in [0.1, 0.15) is 17.4 Å². The number of carbonyl (C=O) groups excluding carboxylic acids is 3. The predicted octanol–water partition coefficient (Wildman–Crippen LogP) is 1.74. The van der Waals surface area contributed by atoms with E-state index < -0.39 is 17.5 Å². The third-order valence-electron chi connectivity index (χ3n) is 6.76. The Morgan fingerprint density at radius 2 is 2.00 bits per heavy atom. The number of anilines is 1. The molecule has 1 unspecified atom stereocenters. The number of imide groups is 1. The molecule has 2 fully saturated rings. The first-order valence-electron chi connectivity index (χ1n) is 11.5. The molecule has 1 aromatic carbocycles. The van der Waals surface area contributed by atoms with E-state index in [9.17, 15) is 14.4 Å². The van der Waals surface area contributed by atoms with Gasteiger partial charge in [0.05, 0.1) is 18.8 Å². The summed E-state index contributed by atoms with van der Waals surface area (Å²) in [6.07, 6.45) is 2.90. The normalized spacial score (nSPS) is 27.4. The van der Waals surface area contributed by atoms with Crippen LogP contribution in [0.5, 0.6) is 5.75 Å². The average Bonchev–Trinajstić information content (AvgIpc) is 2.99. The van der Waals surface area contributed by atoms with Crippen molar-refractivity contribution in [2.45, 2.75) is 51.2 Å². The summed E-state index contributed by atoms with van der Waals surface area (Å²) in [4.78, 5) is 42.0. The van der Waals surface area contributed by atoms with Crippen molar-refractivity contribution in [3.05, 3.63) is 24.3 Å². The van der Waals surface area contributed by atoms with Crippen LogP contribution in [-0.2, 0) is 9.59 Å². The molecule has 2 heterocycles. The highest BCUT2D eigenvalue weighted by molar-refractivity contribution is 6.08. The van der Waals surface area contributed by atoms with Gasteiger partial charge in [-0.15, -0.1) is 0 Å². The number of hydrazine groups is 1. The van der Waals surface area contributed by atoms with Crippen LogP contribution in [-0.4, -0.2) is 72.6 Å². The van der Waals surface area contributed by atoms with Crippen LogP contribution in [0.25, 0.3) is 0 Å². The van der Waals surface area contributed by atoms with Gasteiger partial charge < -0.3 is 15.0 Å². The fraction of sp³-hybridized carbons (Fsp3) is 0.609. The Bertz CT molecular complexity index is 883. The second-order valence-corrected chi connectivity index (χ2v) is 9.31. The van der Waals surface area contributed by atoms with Crippen LogP contribution < -0.4 is 20.4 Å². The zero-order valence-corrected chi connectivity index (χ0v) is 19.1. The van der Waals surface area contributed by atoms with Gasteiger partial charge in [-0.1, -0.05) is 19.1 Å². The maximum Gasteiger partial charge on any atom is 0.344 e. The van der Waals surface area contributed by atoms with E-state index in [1.807, 2.05) is 36.2 Å². The monoisotopic (exact) mass is 443 g/mol. The third-order valence-corrected chi connectivity index (χ3v) is 6.76. The van der Waals surface area contributed by atoms with Crippen molar-refractivity contribution in [2.24, 2.45) is 5.92 Å². The molecule has 4 rings (SSSR count). The molecule has 32 heavy (non-hydrogen) atoms. The van der Waals surface area contributed by atoms with E-state index >= 15 is 0 Å². The van der Waals surface area contributed by atoms with E-state index in [2.05, 4.69) is 29.5 Å². The minimum absolute atomic E-state index is 0.0503. The van der Waals surface area contributed by atoms with Gasteiger partial charge in [0.2, 0.25) is 0 Å². The maximum atomic E-state index is 12.9. The number of benzene rings is 1. The van der Waals surface area contributed by atoms with Crippen molar-refractivity contribution in [3.8, 4) is 5.75 Å². The Morgan fingerprint density at radius 3 is 2.72 bits per heavy atom. The summed E-state index contributed by atoms with van der Waals surface area (Å²) in [7, 11) is 1.83. The molecule has 4 amide bonds. The molecule has 2 N–H and O–H groups in total. The lowest BCUT2D eigenvalue weighted by Gasteiger charge is -2.37. The van der Waals surface area contributed by atoms with E-state index in [4.69, 9.17) is 4.74 Å². The molecule has 1 saturated carbocycles. The van der Waals surface area contributed by atoms with Crippen molar-refractivity contribution < 1.29 is 19.1 Å². The highest BCUT2D eigenvalue weighted by Gasteiger charge is 2.52. The molecule has 1 aliphatic carbocycles. The van der Waals surface area contributed by atoms with Gasteiger partial charge in [-0.05, 0) is 57.7 Å². The van der Waals surface area contributed by atoms with E-state index in [0.717, 1.165) is 42.4 Å². The molecule has 1 atom stereocenters. The standard InChI is InChI=1S/C23H33N5O4/c1-4-27-14-17(32-19-8-6-5-7-18(19)27)13-26(3)15-20(29)25-28-21(30)23(24-22(28)31)11-9-16(2)10-12-23/h5-8,16-17H,4,9-15H2,1-3H3,(H,24,31)(H,25,29). The topological polar surface area (TPSA) is 94.2 Å². The summed E-state index contributed by atoms with van der Waals surface area (Å²) < 4.78 is 6.12. The van der Waals surface area contributed by atoms with Crippen molar-refractivity contribution in [1.82, 2.24) is 20.7 Å². The van der Waals surface area contributed by atoms with Crippen molar-refractivity contribution in [3.63, 3.8) is 0 Å². The van der Waals surface area contributed by atoms with Crippen LogP contribution in [0.2, 0.25) is 0 Å². The number of nitrogens with zero attached hydrogens (tertiary/aromatic N) is 3. The second-order valence-electron chi connectivity index (χ2n) is 9.31. The van der Waals surface area contributed by atoms with Crippen LogP contribution in [0, 0.1) is 5.92 Å². The number of rotatable bonds is 6. The molecule has 0 bridgehead atoms. The number of likely N-dealkylation sites (N-methyl/N-ethyl adjacent to an activating group) is 2. The van der Waals surface area contributed by atoms with Gasteiger partial charge in [0.25, 0.3) is 11.8 Å². The molecule has 2 aliphatic heterocycles. The van der Waals surface area contributed by atoms with E-state index in [-0.39, 0.29) is 18.6 Å². The smallest absolute Gasteiger partial charge is 0.344 e. The largest absolute Gasteiger partial charge is 0.485 e. The van der Waals surface area contributed by atoms with Crippen molar-refractivity contribution >= 4 is 23.5 Å². The van der Waals surface area contributed by atoms with Gasteiger partial charge >= 0.3 is 6.03 Å². The molecule has 1 aromatic rings. The first kappa shape index (κ1) is 22.4. The number of nitrogens with one attached hydrogen (secondary N) is 2. The van der Waals surface area contributed by atoms with Gasteiger partial charge in [-0.3, -0.25) is 19.9 Å². The summed E-state index contributed by atoms with van der Waals surface area (Å²) >= 11 is 0. The summed E-state index contributed by atoms with van der Waals surface area (Å²) in [5.74, 6) is 0.632. The number of hydrogen-bond acceptors (Lipinski definition) is 6. The summed E-state index contributed by atoms with van der Waals surface area (Å²) in [6.45, 7) is 6.45. The molecular weight excluding hydrogens is 410 g/mol. The van der Waals surface area contributed by atoms with E-state index in [1.54, 1.807) is 0 Å². The molecule has 1 spiro atoms. The number of ether oxygens (including phenoxy) is 1. The minimum Gasteiger partial charge on any atom is -0.485 e. The minimum atomic E-state index is -0.865. The van der Waals surface area contributed by atoms with Gasteiger partial charge in [-0.25, -0.2) is 4.79 Å². The molecule has 9 nitrogen and oxygen atoms in total. The predicted molar refractivity (Wildman–Crippen MR) is 120 cm³/mol. The number of amides is 4. The Kier molecular flexibility index (Phi) is 6.28. The lowest BCUT2D eigenvalue weighted by Crippen LogP contribution is -2.53. The lowest BCUT2D eigenvalue weighted by atomic mass is 9.77. The molecule has 3 aliphatic rings. The number of fused-ring (bicyclic) bond motifs is 1. The van der Waals surface area contributed by atoms with Gasteiger partial charge in [0.15, 0.2) is 0 Å². The summed E-state index contributed by atoms with van der Waals surface area (Å²) in [5, 5.41) is 3.68. The number of carbonyl (C=O) groups is 3. The lowest BCUT2D eigenvalue weighted by molar-refractivity contribution is -0.140. The Labute approximate surface area is 189 Å². The van der Waals surface area contributed by atoms with Crippen molar-refractivity contribution in [2.75, 3.05) is 38.1 Å². The molecule has 1 saturated heterocycles. The zero-order valence-electron chi connectivity index (χ0n) is 19.1. The molecular formula is C23H33N5O4. The Hall–Kier alpha value is -2.81. The average molecular weight is 444 g/mol. The first-order valence-corrected chi connectivity index (χ1v) is 11.5. The fourth-order valence-electron chi connectivity index (χ4n) is 4.91. The van der Waals surface area contributed by atoms with Crippen LogP contribution in [0.4, 0.5) is 10.5 Å². The highest BCUT2D eigenvalue weighted by Crippen LogP contribution is 2.36. The van der Waals surface area contributed by atoms with Crippen LogP contribution in [0.1, 0.15) is 39.5 Å². The van der Waals surface area contributed by atoms with Gasteiger partial charge in [-0.2, -0.15) is 5.01 Å². The quantitative estimate of drug-likeness (QED) is 0.651. The fourth-order valence-corrected chi connectivity index (χ4v) is 4.91. The van der Waals surface area contributed by atoms with Crippen LogP contribution in [0.3, 0.4) is 0 Å². The van der Waals surface area contributed by atoms with Crippen LogP contribution >= 0.6 is 0 Å². The zero-order chi connectivity index (χ0) is 22.9.